The smallest absolute Gasteiger partial charge is 0.223 e. The molecule has 0 spiro atoms. The van der Waals surface area contributed by atoms with Gasteiger partial charge in [-0.1, -0.05) is 0 Å². The number of hydrogen-bond acceptors (Lipinski definition) is 4. The van der Waals surface area contributed by atoms with Crippen LogP contribution in [-0.2, 0) is 20.0 Å². The van der Waals surface area contributed by atoms with Gasteiger partial charge in [-0.2, -0.15) is 43.9 Å². The van der Waals surface area contributed by atoms with Crippen LogP contribution in [-0.4, -0.2) is 58.6 Å². The van der Waals surface area contributed by atoms with Crippen LogP contribution in [0.25, 0.3) is 0 Å². The molecule has 0 fully saturated rings. The fourth-order valence-corrected chi connectivity index (χ4v) is 0.968. The minimum absolute atomic E-state index is 0. The van der Waals surface area contributed by atoms with Crippen molar-refractivity contribution in [3.63, 3.8) is 0 Å². The van der Waals surface area contributed by atoms with E-state index in [9.17, 15) is 60.7 Å². The largest absolute Gasteiger partial charge is 0.470 e. The standard InChI is InChI=1S/2C2H2F5NO2S.Li/c2*3-1(4,5)2(6,7)11(8,9)10;/h2*(H2,8,9,10);. The molecule has 0 aromatic heterocycles. The number of hydrogen-bond donors (Lipinski definition) is 2. The SMILES string of the molecule is NS(=O)(=O)C(F)(F)C(F)(F)F.NS(=O)(=O)C(F)(F)C(F)(F)F.[Li]. The summed E-state index contributed by atoms with van der Waals surface area (Å²) >= 11 is 0. The number of rotatable bonds is 2. The molecule has 137 valence electrons. The number of primary sulfonamides is 2. The van der Waals surface area contributed by atoms with E-state index in [1.54, 1.807) is 0 Å². The molecule has 1 radical (unpaired) electrons. The molecule has 4 N–H and O–H groups in total. The summed E-state index contributed by atoms with van der Waals surface area (Å²) in [6.45, 7) is 0. The molecule has 0 atom stereocenters. The molecule has 0 saturated heterocycles. The second-order valence-electron chi connectivity index (χ2n) is 3.12. The summed E-state index contributed by atoms with van der Waals surface area (Å²) in [5.74, 6) is 0. The van der Waals surface area contributed by atoms with Gasteiger partial charge >= 0.3 is 22.9 Å². The topological polar surface area (TPSA) is 120 Å². The van der Waals surface area contributed by atoms with Crippen LogP contribution in [0.5, 0.6) is 0 Å². The van der Waals surface area contributed by atoms with Gasteiger partial charge in [0.05, 0.1) is 0 Å². The number of nitrogens with two attached hydrogens (primary N) is 2. The van der Waals surface area contributed by atoms with Crippen molar-refractivity contribution >= 4 is 38.9 Å². The first-order valence-electron chi connectivity index (χ1n) is 3.94. The molecule has 0 saturated carbocycles. The normalized spacial score (nSPS) is 14.4. The van der Waals surface area contributed by atoms with Crippen LogP contribution in [0.3, 0.4) is 0 Å². The quantitative estimate of drug-likeness (QED) is 0.513. The first-order chi connectivity index (χ1) is 9.00. The zero-order valence-corrected chi connectivity index (χ0v) is 12.0. The van der Waals surface area contributed by atoms with Gasteiger partial charge in [0.25, 0.3) is 20.0 Å². The van der Waals surface area contributed by atoms with Gasteiger partial charge in [-0.05, 0) is 0 Å². The van der Waals surface area contributed by atoms with Gasteiger partial charge in [-0.25, -0.2) is 27.1 Å². The first kappa shape index (κ1) is 27.6. The van der Waals surface area contributed by atoms with E-state index in [0.29, 0.717) is 0 Å². The molecule has 0 unspecified atom stereocenters. The van der Waals surface area contributed by atoms with Crippen LogP contribution in [0.1, 0.15) is 0 Å². The summed E-state index contributed by atoms with van der Waals surface area (Å²) in [6.07, 6.45) is -12.3. The van der Waals surface area contributed by atoms with Crippen molar-refractivity contribution in [3.8, 4) is 0 Å². The van der Waals surface area contributed by atoms with Crippen LogP contribution < -0.4 is 10.3 Å². The minimum Gasteiger partial charge on any atom is -0.223 e. The summed E-state index contributed by atoms with van der Waals surface area (Å²) < 4.78 is 152. The van der Waals surface area contributed by atoms with E-state index in [4.69, 9.17) is 0 Å². The Kier molecular flexibility index (Phi) is 8.76. The van der Waals surface area contributed by atoms with Crippen LogP contribution in [0, 0.1) is 0 Å². The second kappa shape index (κ2) is 7.31. The van der Waals surface area contributed by atoms with E-state index in [-0.39, 0.29) is 18.9 Å². The Morgan fingerprint density at radius 3 is 0.652 bits per heavy atom. The van der Waals surface area contributed by atoms with Crippen LogP contribution in [0.2, 0.25) is 0 Å². The molecule has 0 aliphatic rings. The van der Waals surface area contributed by atoms with E-state index in [2.05, 4.69) is 10.3 Å². The van der Waals surface area contributed by atoms with E-state index in [0.717, 1.165) is 0 Å². The van der Waals surface area contributed by atoms with E-state index < -0.39 is 42.9 Å². The first-order valence-corrected chi connectivity index (χ1v) is 7.03. The monoisotopic (exact) mass is 405 g/mol. The zero-order chi connectivity index (χ0) is 19.0. The third kappa shape index (κ3) is 6.62. The molecule has 0 bridgehead atoms. The summed E-state index contributed by atoms with van der Waals surface area (Å²) in [5, 5.41) is -4.55. The van der Waals surface area contributed by atoms with E-state index in [1.165, 1.54) is 0 Å². The van der Waals surface area contributed by atoms with Crippen LogP contribution in [0.15, 0.2) is 0 Å². The fraction of sp³-hybridized carbons (Fsp3) is 1.00. The molecule has 19 heteroatoms. The number of sulfonamides is 2. The molecular weight excluding hydrogens is 401 g/mol. The van der Waals surface area contributed by atoms with Gasteiger partial charge < -0.3 is 0 Å². The molecule has 0 amide bonds. The Bertz CT molecular complexity index is 539. The number of halogens is 10. The van der Waals surface area contributed by atoms with Gasteiger partial charge in [0.15, 0.2) is 0 Å². The third-order valence-corrected chi connectivity index (χ3v) is 3.27. The summed E-state index contributed by atoms with van der Waals surface area (Å²) in [7, 11) is -11.8. The van der Waals surface area contributed by atoms with Crippen LogP contribution >= 0.6 is 0 Å². The number of alkyl halides is 10. The van der Waals surface area contributed by atoms with Crippen molar-refractivity contribution in [1.82, 2.24) is 0 Å². The summed E-state index contributed by atoms with van der Waals surface area (Å²) in [5.41, 5.74) is 0. The average molecular weight is 405 g/mol. The summed E-state index contributed by atoms with van der Waals surface area (Å²) in [4.78, 5) is 0. The maximum absolute atomic E-state index is 11.6. The molecule has 0 aromatic rings. The molecule has 6 nitrogen and oxygen atoms in total. The fourth-order valence-electron chi connectivity index (χ4n) is 0.323. The Morgan fingerprint density at radius 2 is 0.652 bits per heavy atom. The predicted octanol–water partition coefficient (Wildman–Crippen LogP) is 0.479. The average Bonchev–Trinajstić information content (AvgIpc) is 2.10. The molecular formula is C4H4F10LiN2O4S2. The molecule has 0 rings (SSSR count). The Hall–Kier alpha value is -0.283. The maximum Gasteiger partial charge on any atom is 0.470 e. The van der Waals surface area contributed by atoms with Crippen molar-refractivity contribution in [2.75, 3.05) is 0 Å². The van der Waals surface area contributed by atoms with Crippen molar-refractivity contribution < 1.29 is 60.7 Å². The third-order valence-electron chi connectivity index (χ3n) is 1.37. The zero-order valence-electron chi connectivity index (χ0n) is 10.4. The maximum atomic E-state index is 11.6. The van der Waals surface area contributed by atoms with Gasteiger partial charge in [0, 0.05) is 18.9 Å². The molecule has 23 heavy (non-hydrogen) atoms. The van der Waals surface area contributed by atoms with Gasteiger partial charge in [0.2, 0.25) is 0 Å². The van der Waals surface area contributed by atoms with Crippen molar-refractivity contribution in [1.29, 1.82) is 0 Å². The van der Waals surface area contributed by atoms with Crippen LogP contribution in [0.4, 0.5) is 43.9 Å². The Morgan fingerprint density at radius 1 is 0.522 bits per heavy atom. The van der Waals surface area contributed by atoms with Crippen molar-refractivity contribution in [2.45, 2.75) is 22.9 Å². The predicted molar refractivity (Wildman–Crippen MR) is 54.0 cm³/mol. The van der Waals surface area contributed by atoms with Crippen molar-refractivity contribution in [3.05, 3.63) is 0 Å². The van der Waals surface area contributed by atoms with Gasteiger partial charge in [-0.3, -0.25) is 0 Å². The molecule has 0 heterocycles. The molecule has 0 aliphatic carbocycles. The van der Waals surface area contributed by atoms with E-state index >= 15 is 0 Å². The Balaban J connectivity index is -0.000000333. The second-order valence-corrected chi connectivity index (χ2v) is 6.32. The Labute approximate surface area is 133 Å². The minimum atomic E-state index is -6.17. The van der Waals surface area contributed by atoms with Gasteiger partial charge in [-0.15, -0.1) is 0 Å². The van der Waals surface area contributed by atoms with Crippen molar-refractivity contribution in [2.24, 2.45) is 10.3 Å². The molecule has 0 aromatic carbocycles. The van der Waals surface area contributed by atoms with Gasteiger partial charge in [0.1, 0.15) is 0 Å². The van der Waals surface area contributed by atoms with E-state index in [1.807, 2.05) is 0 Å². The molecule has 0 aliphatic heterocycles. The summed E-state index contributed by atoms with van der Waals surface area (Å²) in [6, 6.07) is 0.